The lowest BCUT2D eigenvalue weighted by Gasteiger charge is -2.24. The van der Waals surface area contributed by atoms with Crippen LogP contribution in [0.25, 0.3) is 0 Å². The van der Waals surface area contributed by atoms with E-state index in [0.29, 0.717) is 12.2 Å². The van der Waals surface area contributed by atoms with Gasteiger partial charge in [-0.2, -0.15) is 0 Å². The summed E-state index contributed by atoms with van der Waals surface area (Å²) in [6.07, 6.45) is 4.25. The molecule has 1 saturated heterocycles. The van der Waals surface area contributed by atoms with Gasteiger partial charge in [0.25, 0.3) is 0 Å². The fraction of sp³-hybridized carbons (Fsp3) is 0.438. The minimum atomic E-state index is -3.62. The minimum Gasteiger partial charge on any atom is -0.479 e. The number of carbonyl (C=O) groups is 2. The van der Waals surface area contributed by atoms with Crippen LogP contribution in [-0.2, 0) is 19.6 Å². The molecule has 0 atom stereocenters. The Hall–Kier alpha value is -2.44. The van der Waals surface area contributed by atoms with Gasteiger partial charge in [0.2, 0.25) is 21.8 Å². The summed E-state index contributed by atoms with van der Waals surface area (Å²) in [4.78, 5) is 28.1. The lowest BCUT2D eigenvalue weighted by molar-refractivity contribution is -0.147. The first-order chi connectivity index (χ1) is 12.0. The van der Waals surface area contributed by atoms with Crippen LogP contribution >= 0.6 is 0 Å². The number of imide groups is 1. The Kier molecular flexibility index (Phi) is 6.91. The van der Waals surface area contributed by atoms with Gasteiger partial charge >= 0.3 is 0 Å². The van der Waals surface area contributed by atoms with E-state index in [1.807, 2.05) is 0 Å². The Morgan fingerprint density at radius 2 is 2.00 bits per heavy atom. The zero-order valence-electron chi connectivity index (χ0n) is 13.6. The van der Waals surface area contributed by atoms with Crippen LogP contribution in [0.4, 0.5) is 0 Å². The summed E-state index contributed by atoms with van der Waals surface area (Å²) in [6.45, 7) is -0.0879. The molecule has 0 saturated carbocycles. The number of piperidine rings is 1. The fourth-order valence-corrected chi connectivity index (χ4v) is 3.00. The van der Waals surface area contributed by atoms with Crippen molar-refractivity contribution in [2.75, 3.05) is 25.4 Å². The largest absolute Gasteiger partial charge is 0.479 e. The van der Waals surface area contributed by atoms with Crippen LogP contribution in [0.5, 0.6) is 5.75 Å². The molecule has 25 heavy (non-hydrogen) atoms. The van der Waals surface area contributed by atoms with Crippen LogP contribution < -0.4 is 9.46 Å². The van der Waals surface area contributed by atoms with Gasteiger partial charge in [-0.15, -0.1) is 0 Å². The van der Waals surface area contributed by atoms with Gasteiger partial charge in [-0.05, 0) is 18.6 Å². The Morgan fingerprint density at radius 3 is 2.68 bits per heavy atom. The van der Waals surface area contributed by atoms with Gasteiger partial charge in [0.05, 0.1) is 18.5 Å². The minimum absolute atomic E-state index is 0.0688. The molecule has 1 aromatic rings. The molecule has 0 aliphatic carbocycles. The first kappa shape index (κ1) is 18.9. The van der Waals surface area contributed by atoms with Crippen molar-refractivity contribution in [3.05, 3.63) is 24.5 Å². The third-order valence-electron chi connectivity index (χ3n) is 3.42. The smallest absolute Gasteiger partial charge is 0.229 e. The molecule has 1 aliphatic rings. The molecular weight excluding hydrogens is 346 g/mol. The molecule has 1 aliphatic heterocycles. The molecule has 2 rings (SSSR count). The van der Waals surface area contributed by atoms with Gasteiger partial charge in [0, 0.05) is 25.6 Å². The Labute approximate surface area is 146 Å². The normalized spacial score (nSPS) is 14.8. The molecule has 2 heterocycles. The summed E-state index contributed by atoms with van der Waals surface area (Å²) in [5, 5.41) is 0. The molecule has 2 amide bonds. The van der Waals surface area contributed by atoms with Crippen molar-refractivity contribution in [2.45, 2.75) is 19.3 Å². The zero-order valence-corrected chi connectivity index (χ0v) is 14.4. The van der Waals surface area contributed by atoms with Gasteiger partial charge in [-0.3, -0.25) is 19.5 Å². The van der Waals surface area contributed by atoms with Gasteiger partial charge in [-0.1, -0.05) is 11.8 Å². The maximum atomic E-state index is 11.9. The van der Waals surface area contributed by atoms with Crippen molar-refractivity contribution in [1.29, 1.82) is 0 Å². The molecule has 134 valence electrons. The molecule has 0 radical (unpaired) electrons. The first-order valence-electron chi connectivity index (χ1n) is 7.77. The third-order valence-corrected chi connectivity index (χ3v) is 4.72. The molecule has 0 aromatic carbocycles. The van der Waals surface area contributed by atoms with Crippen molar-refractivity contribution in [3.63, 3.8) is 0 Å². The highest BCUT2D eigenvalue weighted by atomic mass is 32.2. The highest BCUT2D eigenvalue weighted by molar-refractivity contribution is 7.89. The Bertz CT molecular complexity index is 752. The molecule has 0 bridgehead atoms. The number of rotatable bonds is 7. The van der Waals surface area contributed by atoms with E-state index in [1.165, 1.54) is 0 Å². The van der Waals surface area contributed by atoms with E-state index < -0.39 is 10.0 Å². The van der Waals surface area contributed by atoms with Crippen LogP contribution in [0.3, 0.4) is 0 Å². The summed E-state index contributed by atoms with van der Waals surface area (Å²) in [5.74, 6) is 4.92. The van der Waals surface area contributed by atoms with Gasteiger partial charge in [0.15, 0.2) is 0 Å². The number of aromatic nitrogens is 1. The molecule has 1 aromatic heterocycles. The summed E-state index contributed by atoms with van der Waals surface area (Å²) in [5.41, 5.74) is 0. The van der Waals surface area contributed by atoms with Crippen molar-refractivity contribution in [2.24, 2.45) is 0 Å². The number of hydrogen-bond acceptors (Lipinski definition) is 6. The van der Waals surface area contributed by atoms with Crippen LogP contribution in [0, 0.1) is 11.8 Å². The number of carbonyl (C=O) groups excluding carboxylic acids is 2. The van der Waals surface area contributed by atoms with Gasteiger partial charge in [-0.25, -0.2) is 13.1 Å². The lowest BCUT2D eigenvalue weighted by atomic mass is 10.1. The van der Waals surface area contributed by atoms with E-state index in [0.717, 1.165) is 4.90 Å². The Balaban J connectivity index is 1.70. The van der Waals surface area contributed by atoms with E-state index in [4.69, 9.17) is 4.74 Å². The Morgan fingerprint density at radius 1 is 1.24 bits per heavy atom. The molecule has 8 nitrogen and oxygen atoms in total. The topological polar surface area (TPSA) is 106 Å². The zero-order chi connectivity index (χ0) is 18.1. The third kappa shape index (κ3) is 6.52. The van der Waals surface area contributed by atoms with Crippen molar-refractivity contribution in [3.8, 4) is 17.6 Å². The highest BCUT2D eigenvalue weighted by Gasteiger charge is 2.26. The SMILES string of the molecule is O=C1CCCC(=O)N1CCS(=O)(=O)NCC#CCOc1cccnc1. The second kappa shape index (κ2) is 9.15. The summed E-state index contributed by atoms with van der Waals surface area (Å²) in [6, 6.07) is 3.47. The van der Waals surface area contributed by atoms with Gasteiger partial charge in [0.1, 0.15) is 12.4 Å². The number of amides is 2. The molecule has 9 heteroatoms. The summed E-state index contributed by atoms with van der Waals surface area (Å²) < 4.78 is 31.3. The van der Waals surface area contributed by atoms with E-state index in [1.54, 1.807) is 24.5 Å². The quantitative estimate of drug-likeness (QED) is 0.535. The number of nitrogens with zero attached hydrogens (tertiary/aromatic N) is 2. The van der Waals surface area contributed by atoms with E-state index in [-0.39, 0.29) is 50.1 Å². The lowest BCUT2D eigenvalue weighted by Crippen LogP contribution is -2.44. The standard InChI is InChI=1S/C16H19N3O5S/c20-15-6-3-7-16(21)19(15)10-12-25(22,23)18-9-1-2-11-24-14-5-4-8-17-13-14/h4-5,8,13,18H,3,6-7,9-12H2. The fourth-order valence-electron chi connectivity index (χ4n) is 2.14. The number of ether oxygens (including phenoxy) is 1. The van der Waals surface area contributed by atoms with E-state index in [2.05, 4.69) is 21.5 Å². The maximum absolute atomic E-state index is 11.9. The average molecular weight is 365 g/mol. The van der Waals surface area contributed by atoms with Crippen molar-refractivity contribution >= 4 is 21.8 Å². The predicted molar refractivity (Wildman–Crippen MR) is 89.9 cm³/mol. The van der Waals surface area contributed by atoms with Crippen LogP contribution in [0.2, 0.25) is 0 Å². The van der Waals surface area contributed by atoms with Crippen LogP contribution in [0.1, 0.15) is 19.3 Å². The van der Waals surface area contributed by atoms with E-state index >= 15 is 0 Å². The number of hydrogen-bond donors (Lipinski definition) is 1. The summed E-state index contributed by atoms with van der Waals surface area (Å²) in [7, 11) is -3.62. The monoisotopic (exact) mass is 365 g/mol. The second-order valence-corrected chi connectivity index (χ2v) is 7.19. The second-order valence-electron chi connectivity index (χ2n) is 5.26. The highest BCUT2D eigenvalue weighted by Crippen LogP contribution is 2.11. The first-order valence-corrected chi connectivity index (χ1v) is 9.42. The molecule has 0 spiro atoms. The molecule has 1 N–H and O–H groups in total. The number of likely N-dealkylation sites (tertiary alicyclic amines) is 1. The molecule has 1 fully saturated rings. The predicted octanol–water partition coefficient (Wildman–Crippen LogP) is -0.0777. The number of nitrogens with one attached hydrogen (secondary N) is 1. The van der Waals surface area contributed by atoms with Crippen molar-refractivity contribution in [1.82, 2.24) is 14.6 Å². The maximum Gasteiger partial charge on any atom is 0.229 e. The average Bonchev–Trinajstić information content (AvgIpc) is 2.58. The van der Waals surface area contributed by atoms with Gasteiger partial charge < -0.3 is 4.74 Å². The van der Waals surface area contributed by atoms with Crippen molar-refractivity contribution < 1.29 is 22.7 Å². The van der Waals surface area contributed by atoms with Crippen LogP contribution in [-0.4, -0.2) is 55.6 Å². The molecule has 0 unspecified atom stereocenters. The van der Waals surface area contributed by atoms with E-state index in [9.17, 15) is 18.0 Å². The van der Waals surface area contributed by atoms with Crippen LogP contribution in [0.15, 0.2) is 24.5 Å². The number of pyridine rings is 1. The number of sulfonamides is 1. The summed E-state index contributed by atoms with van der Waals surface area (Å²) >= 11 is 0. The molecular formula is C16H19N3O5S.